The number of carbonyl (C=O) groups is 1. The predicted molar refractivity (Wildman–Crippen MR) is 111 cm³/mol. The SMILES string of the molecule is CCCC(=O)Nc1ccc2c(c1)-c1c(OC)c(OC)cc3c1C(C2)N(C)CC3. The van der Waals surface area contributed by atoms with Crippen molar-refractivity contribution >= 4 is 11.6 Å². The summed E-state index contributed by atoms with van der Waals surface area (Å²) in [6.45, 7) is 3.05. The summed E-state index contributed by atoms with van der Waals surface area (Å²) < 4.78 is 11.5. The van der Waals surface area contributed by atoms with Crippen molar-refractivity contribution in [3.8, 4) is 22.6 Å². The molecule has 0 radical (unpaired) electrons. The second kappa shape index (κ2) is 7.47. The third kappa shape index (κ3) is 3.04. The summed E-state index contributed by atoms with van der Waals surface area (Å²) in [5, 5.41) is 3.03. The van der Waals surface area contributed by atoms with Crippen LogP contribution in [0.3, 0.4) is 0 Å². The quantitative estimate of drug-likeness (QED) is 0.845. The first-order valence-electron chi connectivity index (χ1n) is 9.98. The van der Waals surface area contributed by atoms with E-state index < -0.39 is 0 Å². The van der Waals surface area contributed by atoms with Gasteiger partial charge in [-0.15, -0.1) is 0 Å². The van der Waals surface area contributed by atoms with Crippen molar-refractivity contribution in [2.75, 3.05) is 33.1 Å². The van der Waals surface area contributed by atoms with E-state index >= 15 is 0 Å². The number of benzene rings is 2. The van der Waals surface area contributed by atoms with E-state index in [0.717, 1.165) is 54.1 Å². The van der Waals surface area contributed by atoms with Crippen LogP contribution in [0.15, 0.2) is 24.3 Å². The minimum Gasteiger partial charge on any atom is -0.493 e. The van der Waals surface area contributed by atoms with Crippen LogP contribution in [-0.2, 0) is 17.6 Å². The van der Waals surface area contributed by atoms with Gasteiger partial charge in [0.15, 0.2) is 11.5 Å². The summed E-state index contributed by atoms with van der Waals surface area (Å²) in [6.07, 6.45) is 3.33. The number of carbonyl (C=O) groups excluding carboxylic acids is 1. The molecule has 0 saturated carbocycles. The number of hydrogen-bond acceptors (Lipinski definition) is 4. The summed E-state index contributed by atoms with van der Waals surface area (Å²) >= 11 is 0. The topological polar surface area (TPSA) is 50.8 Å². The van der Waals surface area contributed by atoms with Crippen molar-refractivity contribution in [3.05, 3.63) is 41.0 Å². The Balaban J connectivity index is 1.90. The molecule has 2 aliphatic rings. The maximum atomic E-state index is 12.1. The zero-order valence-electron chi connectivity index (χ0n) is 17.1. The van der Waals surface area contributed by atoms with E-state index in [-0.39, 0.29) is 5.91 Å². The van der Waals surface area contributed by atoms with Gasteiger partial charge in [-0.2, -0.15) is 0 Å². The van der Waals surface area contributed by atoms with Gasteiger partial charge in [-0.25, -0.2) is 0 Å². The van der Waals surface area contributed by atoms with E-state index in [1.807, 2.05) is 13.0 Å². The molecule has 0 saturated heterocycles. The molecule has 1 aliphatic carbocycles. The zero-order chi connectivity index (χ0) is 19.8. The number of ether oxygens (including phenoxy) is 2. The Bertz CT molecular complexity index is 923. The maximum Gasteiger partial charge on any atom is 0.224 e. The van der Waals surface area contributed by atoms with Crippen LogP contribution in [0.2, 0.25) is 0 Å². The van der Waals surface area contributed by atoms with Crippen molar-refractivity contribution in [1.82, 2.24) is 4.90 Å². The smallest absolute Gasteiger partial charge is 0.224 e. The number of hydrogen-bond donors (Lipinski definition) is 1. The molecule has 0 aromatic heterocycles. The Morgan fingerprint density at radius 2 is 2.04 bits per heavy atom. The molecule has 1 unspecified atom stereocenters. The standard InChI is InChI=1S/C23H28N2O3/c1-5-6-20(26)24-16-8-7-14-11-18-21-15(9-10-25(18)2)12-19(27-3)23(28-4)22(21)17(14)13-16/h7-8,12-13,18H,5-6,9-11H2,1-4H3,(H,24,26). The molecule has 1 heterocycles. The number of anilines is 1. The van der Waals surface area contributed by atoms with E-state index in [0.29, 0.717) is 12.5 Å². The van der Waals surface area contributed by atoms with E-state index in [1.54, 1.807) is 14.2 Å². The monoisotopic (exact) mass is 380 g/mol. The molecule has 1 atom stereocenters. The predicted octanol–water partition coefficient (Wildman–Crippen LogP) is 4.19. The molecule has 1 N–H and O–H groups in total. The first kappa shape index (κ1) is 18.8. The Kier molecular flexibility index (Phi) is 5.02. The normalized spacial score (nSPS) is 17.5. The van der Waals surface area contributed by atoms with Crippen LogP contribution in [0.4, 0.5) is 5.69 Å². The molecular formula is C23H28N2O3. The average Bonchev–Trinajstić information content (AvgIpc) is 2.70. The summed E-state index contributed by atoms with van der Waals surface area (Å²) in [6, 6.07) is 8.71. The van der Waals surface area contributed by atoms with Crippen LogP contribution >= 0.6 is 0 Å². The number of methoxy groups -OCH3 is 2. The number of fused-ring (bicyclic) bond motifs is 2. The molecule has 28 heavy (non-hydrogen) atoms. The fourth-order valence-corrected chi connectivity index (χ4v) is 4.57. The molecule has 1 amide bonds. The van der Waals surface area contributed by atoms with Gasteiger partial charge in [0.1, 0.15) is 0 Å². The summed E-state index contributed by atoms with van der Waals surface area (Å²) in [5.74, 6) is 1.60. The number of amides is 1. The largest absolute Gasteiger partial charge is 0.493 e. The zero-order valence-corrected chi connectivity index (χ0v) is 17.1. The van der Waals surface area contributed by atoms with Crippen molar-refractivity contribution in [3.63, 3.8) is 0 Å². The van der Waals surface area contributed by atoms with Gasteiger partial charge in [-0.1, -0.05) is 13.0 Å². The minimum atomic E-state index is 0.0514. The highest BCUT2D eigenvalue weighted by atomic mass is 16.5. The molecule has 0 spiro atoms. The second-order valence-corrected chi connectivity index (χ2v) is 7.68. The fourth-order valence-electron chi connectivity index (χ4n) is 4.57. The van der Waals surface area contributed by atoms with E-state index in [2.05, 4.69) is 35.5 Å². The van der Waals surface area contributed by atoms with Gasteiger partial charge < -0.3 is 14.8 Å². The van der Waals surface area contributed by atoms with E-state index in [1.165, 1.54) is 16.7 Å². The van der Waals surface area contributed by atoms with E-state index in [4.69, 9.17) is 9.47 Å². The Hall–Kier alpha value is -2.53. The first-order valence-corrected chi connectivity index (χ1v) is 9.98. The molecule has 1 aliphatic heterocycles. The summed E-state index contributed by atoms with van der Waals surface area (Å²) in [4.78, 5) is 14.5. The number of likely N-dealkylation sites (N-methyl/N-ethyl adjacent to an activating group) is 1. The van der Waals surface area contributed by atoms with Gasteiger partial charge in [-0.3, -0.25) is 9.69 Å². The van der Waals surface area contributed by atoms with Crippen LogP contribution in [0, 0.1) is 0 Å². The highest BCUT2D eigenvalue weighted by Gasteiger charge is 2.36. The molecule has 148 valence electrons. The molecule has 0 fully saturated rings. The number of nitrogens with one attached hydrogen (secondary N) is 1. The molecular weight excluding hydrogens is 352 g/mol. The van der Waals surface area contributed by atoms with Crippen LogP contribution in [-0.4, -0.2) is 38.6 Å². The third-order valence-corrected chi connectivity index (χ3v) is 5.95. The van der Waals surface area contributed by atoms with E-state index in [9.17, 15) is 4.79 Å². The van der Waals surface area contributed by atoms with Crippen LogP contribution in [0.5, 0.6) is 11.5 Å². The van der Waals surface area contributed by atoms with Gasteiger partial charge in [0.25, 0.3) is 0 Å². The number of rotatable bonds is 5. The van der Waals surface area contributed by atoms with Crippen LogP contribution < -0.4 is 14.8 Å². The van der Waals surface area contributed by atoms with Gasteiger partial charge in [0.05, 0.1) is 14.2 Å². The van der Waals surface area contributed by atoms with Gasteiger partial charge >= 0.3 is 0 Å². The lowest BCUT2D eigenvalue weighted by atomic mass is 9.76. The minimum absolute atomic E-state index is 0.0514. The lowest BCUT2D eigenvalue weighted by Gasteiger charge is -2.40. The van der Waals surface area contributed by atoms with Crippen LogP contribution in [0.1, 0.15) is 42.5 Å². The Labute approximate surface area is 166 Å². The van der Waals surface area contributed by atoms with Crippen molar-refractivity contribution in [2.45, 2.75) is 38.6 Å². The molecule has 4 rings (SSSR count). The molecule has 2 aromatic carbocycles. The molecule has 5 nitrogen and oxygen atoms in total. The third-order valence-electron chi connectivity index (χ3n) is 5.95. The van der Waals surface area contributed by atoms with Gasteiger partial charge in [0.2, 0.25) is 5.91 Å². The molecule has 0 bridgehead atoms. The Morgan fingerprint density at radius 1 is 1.21 bits per heavy atom. The summed E-state index contributed by atoms with van der Waals surface area (Å²) in [7, 11) is 5.58. The Morgan fingerprint density at radius 3 is 2.75 bits per heavy atom. The molecule has 5 heteroatoms. The van der Waals surface area contributed by atoms with Crippen molar-refractivity contribution in [1.29, 1.82) is 0 Å². The van der Waals surface area contributed by atoms with Crippen molar-refractivity contribution in [2.24, 2.45) is 0 Å². The molecule has 2 aromatic rings. The lowest BCUT2D eigenvalue weighted by molar-refractivity contribution is -0.116. The maximum absolute atomic E-state index is 12.1. The fraction of sp³-hybridized carbons (Fsp3) is 0.435. The lowest BCUT2D eigenvalue weighted by Crippen LogP contribution is -2.35. The van der Waals surface area contributed by atoms with Crippen molar-refractivity contribution < 1.29 is 14.3 Å². The van der Waals surface area contributed by atoms with Gasteiger partial charge in [0, 0.05) is 30.3 Å². The second-order valence-electron chi connectivity index (χ2n) is 7.68. The average molecular weight is 380 g/mol. The van der Waals surface area contributed by atoms with Gasteiger partial charge in [-0.05, 0) is 66.8 Å². The summed E-state index contributed by atoms with van der Waals surface area (Å²) in [5.41, 5.74) is 7.03. The highest BCUT2D eigenvalue weighted by molar-refractivity contribution is 5.93. The first-order chi connectivity index (χ1) is 13.6. The number of nitrogens with zero attached hydrogens (tertiary/aromatic N) is 1. The van der Waals surface area contributed by atoms with Crippen LogP contribution in [0.25, 0.3) is 11.1 Å². The highest BCUT2D eigenvalue weighted by Crippen LogP contribution is 2.52.